The largest absolute Gasteiger partial charge is 0.378 e. The average Bonchev–Trinajstić information content (AvgIpc) is 2.75. The van der Waals surface area contributed by atoms with Gasteiger partial charge in [-0.05, 0) is 49.4 Å². The molecule has 3 aromatic rings. The SMILES string of the molecule is Cc1nc(Nc2ccc(NC(=O)c3cccc(Br)c3)cc2)cc(N2CCOCC2)n1. The van der Waals surface area contributed by atoms with E-state index in [2.05, 4.69) is 41.4 Å². The Morgan fingerprint density at radius 1 is 1.03 bits per heavy atom. The minimum absolute atomic E-state index is 0.154. The summed E-state index contributed by atoms with van der Waals surface area (Å²) in [5.41, 5.74) is 2.19. The van der Waals surface area contributed by atoms with Crippen molar-refractivity contribution in [2.75, 3.05) is 41.8 Å². The zero-order valence-corrected chi connectivity index (χ0v) is 18.1. The lowest BCUT2D eigenvalue weighted by molar-refractivity contribution is 0.102. The van der Waals surface area contributed by atoms with E-state index in [1.807, 2.05) is 49.4 Å². The lowest BCUT2D eigenvalue weighted by Gasteiger charge is -2.28. The molecule has 154 valence electrons. The molecule has 0 radical (unpaired) electrons. The number of nitrogens with one attached hydrogen (secondary N) is 2. The standard InChI is InChI=1S/C22H22BrN5O2/c1-15-24-20(14-21(25-15)28-9-11-30-12-10-28)26-18-5-7-19(8-6-18)27-22(29)16-3-2-4-17(23)13-16/h2-8,13-14H,9-12H2,1H3,(H,27,29)(H,24,25,26). The first-order chi connectivity index (χ1) is 14.6. The number of amides is 1. The lowest BCUT2D eigenvalue weighted by atomic mass is 10.2. The van der Waals surface area contributed by atoms with Crippen LogP contribution in [-0.2, 0) is 4.74 Å². The Balaban J connectivity index is 1.43. The first-order valence-corrected chi connectivity index (χ1v) is 10.5. The molecule has 7 nitrogen and oxygen atoms in total. The van der Waals surface area contributed by atoms with Gasteiger partial charge in [-0.1, -0.05) is 22.0 Å². The van der Waals surface area contributed by atoms with E-state index < -0.39 is 0 Å². The molecule has 1 aliphatic heterocycles. The van der Waals surface area contributed by atoms with E-state index in [-0.39, 0.29) is 5.91 Å². The third-order valence-corrected chi connectivity index (χ3v) is 5.15. The highest BCUT2D eigenvalue weighted by molar-refractivity contribution is 9.10. The molecule has 30 heavy (non-hydrogen) atoms. The van der Waals surface area contributed by atoms with Crippen LogP contribution in [0.5, 0.6) is 0 Å². The smallest absolute Gasteiger partial charge is 0.255 e. The summed E-state index contributed by atoms with van der Waals surface area (Å²) in [5.74, 6) is 2.18. The van der Waals surface area contributed by atoms with Gasteiger partial charge < -0.3 is 20.3 Å². The summed E-state index contributed by atoms with van der Waals surface area (Å²) in [7, 11) is 0. The second-order valence-electron chi connectivity index (χ2n) is 6.92. The van der Waals surface area contributed by atoms with Gasteiger partial charge in [0.15, 0.2) is 0 Å². The van der Waals surface area contributed by atoms with Crippen LogP contribution in [0.1, 0.15) is 16.2 Å². The van der Waals surface area contributed by atoms with Crippen molar-refractivity contribution in [1.82, 2.24) is 9.97 Å². The molecule has 4 rings (SSSR count). The fraction of sp³-hybridized carbons (Fsp3) is 0.227. The number of halogens is 1. The number of anilines is 4. The van der Waals surface area contributed by atoms with E-state index in [0.29, 0.717) is 24.6 Å². The maximum absolute atomic E-state index is 12.4. The lowest BCUT2D eigenvalue weighted by Crippen LogP contribution is -2.36. The van der Waals surface area contributed by atoms with E-state index in [1.165, 1.54) is 0 Å². The maximum Gasteiger partial charge on any atom is 0.255 e. The highest BCUT2D eigenvalue weighted by atomic mass is 79.9. The van der Waals surface area contributed by atoms with Crippen LogP contribution in [0.2, 0.25) is 0 Å². The summed E-state index contributed by atoms with van der Waals surface area (Å²) in [4.78, 5) is 23.6. The van der Waals surface area contributed by atoms with Crippen molar-refractivity contribution >= 4 is 44.8 Å². The summed E-state index contributed by atoms with van der Waals surface area (Å²) >= 11 is 3.38. The normalized spacial score (nSPS) is 13.7. The molecule has 0 unspecified atom stereocenters. The monoisotopic (exact) mass is 467 g/mol. The number of morpholine rings is 1. The van der Waals surface area contributed by atoms with Crippen LogP contribution < -0.4 is 15.5 Å². The van der Waals surface area contributed by atoms with Gasteiger partial charge in [-0.15, -0.1) is 0 Å². The number of hydrogen-bond acceptors (Lipinski definition) is 6. The number of nitrogens with zero attached hydrogens (tertiary/aromatic N) is 3. The van der Waals surface area contributed by atoms with Gasteiger partial charge in [0.1, 0.15) is 17.5 Å². The van der Waals surface area contributed by atoms with E-state index >= 15 is 0 Å². The maximum atomic E-state index is 12.4. The summed E-state index contributed by atoms with van der Waals surface area (Å²) < 4.78 is 6.28. The van der Waals surface area contributed by atoms with Crippen molar-refractivity contribution < 1.29 is 9.53 Å². The molecule has 0 atom stereocenters. The first kappa shape index (κ1) is 20.3. The number of hydrogen-bond donors (Lipinski definition) is 2. The first-order valence-electron chi connectivity index (χ1n) is 9.69. The molecule has 2 aromatic carbocycles. The van der Waals surface area contributed by atoms with Crippen LogP contribution in [0.3, 0.4) is 0 Å². The van der Waals surface area contributed by atoms with Gasteiger partial charge in [0.05, 0.1) is 13.2 Å². The Morgan fingerprint density at radius 3 is 2.50 bits per heavy atom. The van der Waals surface area contributed by atoms with E-state index in [1.54, 1.807) is 12.1 Å². The van der Waals surface area contributed by atoms with Crippen molar-refractivity contribution in [2.45, 2.75) is 6.92 Å². The van der Waals surface area contributed by atoms with Crippen molar-refractivity contribution in [2.24, 2.45) is 0 Å². The van der Waals surface area contributed by atoms with Crippen molar-refractivity contribution in [3.63, 3.8) is 0 Å². The Labute approximate surface area is 183 Å². The zero-order valence-electron chi connectivity index (χ0n) is 16.6. The van der Waals surface area contributed by atoms with Crippen LogP contribution in [0.4, 0.5) is 23.0 Å². The number of carbonyl (C=O) groups is 1. The summed E-state index contributed by atoms with van der Waals surface area (Å²) in [6.45, 7) is 4.94. The summed E-state index contributed by atoms with van der Waals surface area (Å²) in [5, 5.41) is 6.22. The van der Waals surface area contributed by atoms with Crippen molar-refractivity contribution in [3.05, 3.63) is 70.5 Å². The van der Waals surface area contributed by atoms with Gasteiger partial charge in [-0.2, -0.15) is 0 Å². The van der Waals surface area contributed by atoms with Crippen LogP contribution in [0.25, 0.3) is 0 Å². The fourth-order valence-corrected chi connectivity index (χ4v) is 3.59. The van der Waals surface area contributed by atoms with Crippen LogP contribution in [0, 0.1) is 6.92 Å². The molecule has 1 aromatic heterocycles. The van der Waals surface area contributed by atoms with E-state index in [4.69, 9.17) is 4.74 Å². The molecule has 1 aliphatic rings. The number of aromatic nitrogens is 2. The van der Waals surface area contributed by atoms with Crippen molar-refractivity contribution in [1.29, 1.82) is 0 Å². The number of benzene rings is 2. The fourth-order valence-electron chi connectivity index (χ4n) is 3.19. The van der Waals surface area contributed by atoms with E-state index in [0.717, 1.165) is 40.6 Å². The van der Waals surface area contributed by atoms with Gasteiger partial charge >= 0.3 is 0 Å². The Hall–Kier alpha value is -2.97. The number of carbonyl (C=O) groups excluding carboxylic acids is 1. The second-order valence-corrected chi connectivity index (χ2v) is 7.84. The molecule has 1 saturated heterocycles. The second kappa shape index (κ2) is 9.23. The van der Waals surface area contributed by atoms with Crippen molar-refractivity contribution in [3.8, 4) is 0 Å². The molecular formula is C22H22BrN5O2. The van der Waals surface area contributed by atoms with Crippen LogP contribution >= 0.6 is 15.9 Å². The third kappa shape index (κ3) is 5.14. The van der Waals surface area contributed by atoms with Gasteiger partial charge in [0, 0.05) is 40.6 Å². The van der Waals surface area contributed by atoms with Gasteiger partial charge in [-0.25, -0.2) is 9.97 Å². The minimum Gasteiger partial charge on any atom is -0.378 e. The number of ether oxygens (including phenoxy) is 1. The highest BCUT2D eigenvalue weighted by Crippen LogP contribution is 2.22. The average molecular weight is 468 g/mol. The number of aryl methyl sites for hydroxylation is 1. The van der Waals surface area contributed by atoms with Crippen LogP contribution in [-0.4, -0.2) is 42.2 Å². The summed E-state index contributed by atoms with van der Waals surface area (Å²) in [6, 6.07) is 16.8. The van der Waals surface area contributed by atoms with E-state index in [9.17, 15) is 4.79 Å². The minimum atomic E-state index is -0.154. The Morgan fingerprint density at radius 2 is 1.77 bits per heavy atom. The van der Waals surface area contributed by atoms with Gasteiger partial charge in [-0.3, -0.25) is 4.79 Å². The Kier molecular flexibility index (Phi) is 6.25. The number of rotatable bonds is 5. The third-order valence-electron chi connectivity index (χ3n) is 4.66. The molecule has 0 saturated carbocycles. The quantitative estimate of drug-likeness (QED) is 0.579. The molecule has 2 N–H and O–H groups in total. The predicted molar refractivity (Wildman–Crippen MR) is 122 cm³/mol. The summed E-state index contributed by atoms with van der Waals surface area (Å²) in [6.07, 6.45) is 0. The highest BCUT2D eigenvalue weighted by Gasteiger charge is 2.14. The topological polar surface area (TPSA) is 79.4 Å². The molecule has 1 fully saturated rings. The molecule has 0 bridgehead atoms. The van der Waals surface area contributed by atoms with Gasteiger partial charge in [0.25, 0.3) is 5.91 Å². The molecule has 1 amide bonds. The molecule has 0 spiro atoms. The molecule has 0 aliphatic carbocycles. The molecule has 2 heterocycles. The molecular weight excluding hydrogens is 446 g/mol. The van der Waals surface area contributed by atoms with Gasteiger partial charge in [0.2, 0.25) is 0 Å². The predicted octanol–water partition coefficient (Wildman–Crippen LogP) is 4.38. The zero-order chi connectivity index (χ0) is 20.9. The molecule has 8 heteroatoms. The Bertz CT molecular complexity index is 1040. The van der Waals surface area contributed by atoms with Crippen LogP contribution in [0.15, 0.2) is 59.1 Å².